The minimum Gasteiger partial charge on any atom is -0.315 e. The van der Waals surface area contributed by atoms with E-state index in [0.29, 0.717) is 5.69 Å². The van der Waals surface area contributed by atoms with Crippen molar-refractivity contribution in [1.82, 2.24) is 0 Å². The van der Waals surface area contributed by atoms with Crippen LogP contribution in [0.3, 0.4) is 0 Å². The number of aryl methyl sites for hydroxylation is 1. The predicted octanol–water partition coefficient (Wildman–Crippen LogP) is 4.88. The van der Waals surface area contributed by atoms with Crippen LogP contribution in [-0.4, -0.2) is 10.2 Å². The number of hydrogen-bond acceptors (Lipinski definition) is 4. The molecule has 2 aromatic carbocycles. The maximum Gasteiger partial charge on any atom is 0.288 e. The Hall–Kier alpha value is -2.05. The molecule has 0 aliphatic rings. The van der Waals surface area contributed by atoms with Crippen LogP contribution in [0.15, 0.2) is 47.4 Å². The summed E-state index contributed by atoms with van der Waals surface area (Å²) >= 11 is 6.97. The van der Waals surface area contributed by atoms with Gasteiger partial charge in [0.1, 0.15) is 0 Å². The summed E-state index contributed by atoms with van der Waals surface area (Å²) in [6.07, 6.45) is 0. The van der Waals surface area contributed by atoms with E-state index in [1.54, 1.807) is 0 Å². The fourth-order valence-electron chi connectivity index (χ4n) is 1.63. The van der Waals surface area contributed by atoms with Gasteiger partial charge in [0.25, 0.3) is 10.9 Å². The Kier molecular flexibility index (Phi) is 4.82. The zero-order valence-corrected chi connectivity index (χ0v) is 12.6. The third kappa shape index (κ3) is 3.96. The van der Waals surface area contributed by atoms with Crippen molar-refractivity contribution < 1.29 is 9.72 Å². The van der Waals surface area contributed by atoms with Crippen LogP contribution in [0.1, 0.15) is 5.56 Å². The number of hydrogen-bond donors (Lipinski definition) is 1. The first-order valence-corrected chi connectivity index (χ1v) is 7.15. The lowest BCUT2D eigenvalue weighted by atomic mass is 10.2. The van der Waals surface area contributed by atoms with Gasteiger partial charge in [-0.1, -0.05) is 29.8 Å². The number of nitrogens with zero attached hydrogens (tertiary/aromatic N) is 1. The topological polar surface area (TPSA) is 72.2 Å². The van der Waals surface area contributed by atoms with E-state index in [9.17, 15) is 14.9 Å². The Morgan fingerprint density at radius 3 is 2.62 bits per heavy atom. The highest BCUT2D eigenvalue weighted by Gasteiger charge is 2.12. The molecular formula is C14H11ClN2O3S. The number of anilines is 1. The number of carbonyl (C=O) groups excluding carboxylic acids is 1. The second-order valence-electron chi connectivity index (χ2n) is 4.20. The number of benzene rings is 2. The lowest BCUT2D eigenvalue weighted by Crippen LogP contribution is -2.05. The van der Waals surface area contributed by atoms with E-state index < -0.39 is 4.92 Å². The number of nitro groups is 1. The molecule has 21 heavy (non-hydrogen) atoms. The number of carbonyl (C=O) groups is 1. The quantitative estimate of drug-likeness (QED) is 0.496. The molecule has 0 aromatic heterocycles. The molecule has 2 aromatic rings. The number of nitro benzene ring substituents is 1. The first kappa shape index (κ1) is 15.3. The summed E-state index contributed by atoms with van der Waals surface area (Å²) in [6, 6.07) is 11.4. The van der Waals surface area contributed by atoms with E-state index in [1.165, 1.54) is 18.2 Å². The molecule has 7 heteroatoms. The Labute approximate surface area is 130 Å². The molecule has 0 heterocycles. The van der Waals surface area contributed by atoms with Gasteiger partial charge >= 0.3 is 0 Å². The van der Waals surface area contributed by atoms with Gasteiger partial charge in [-0.05, 0) is 36.4 Å². The summed E-state index contributed by atoms with van der Waals surface area (Å²) in [5.74, 6) is 0. The Bertz CT molecular complexity index is 706. The largest absolute Gasteiger partial charge is 0.315 e. The van der Waals surface area contributed by atoms with Gasteiger partial charge in [-0.3, -0.25) is 14.9 Å². The van der Waals surface area contributed by atoms with E-state index in [-0.39, 0.29) is 15.9 Å². The highest BCUT2D eigenvalue weighted by atomic mass is 35.5. The lowest BCUT2D eigenvalue weighted by molar-refractivity contribution is -0.384. The fourth-order valence-corrected chi connectivity index (χ4v) is 2.58. The molecule has 1 N–H and O–H groups in total. The third-order valence-corrected chi connectivity index (χ3v) is 3.97. The number of halogens is 1. The van der Waals surface area contributed by atoms with Crippen LogP contribution in [0.4, 0.5) is 16.2 Å². The highest BCUT2D eigenvalue weighted by molar-refractivity contribution is 8.14. The van der Waals surface area contributed by atoms with Gasteiger partial charge in [0.05, 0.1) is 15.6 Å². The molecule has 0 radical (unpaired) electrons. The summed E-state index contributed by atoms with van der Waals surface area (Å²) in [7, 11) is 0. The zero-order valence-electron chi connectivity index (χ0n) is 11.0. The number of rotatable bonds is 3. The lowest BCUT2D eigenvalue weighted by Gasteiger charge is -2.08. The maximum absolute atomic E-state index is 12.0. The highest BCUT2D eigenvalue weighted by Crippen LogP contribution is 2.29. The maximum atomic E-state index is 12.0. The van der Waals surface area contributed by atoms with Crippen LogP contribution in [0.5, 0.6) is 0 Å². The number of nitrogens with one attached hydrogen (secondary N) is 1. The smallest absolute Gasteiger partial charge is 0.288 e. The second-order valence-corrected chi connectivity index (χ2v) is 5.62. The molecule has 1 amide bonds. The molecule has 0 saturated carbocycles. The van der Waals surface area contributed by atoms with E-state index in [1.807, 2.05) is 31.2 Å². The molecule has 0 bridgehead atoms. The Balaban J connectivity index is 2.10. The minimum absolute atomic E-state index is 0.121. The fraction of sp³-hybridized carbons (Fsp3) is 0.0714. The van der Waals surface area contributed by atoms with Crippen molar-refractivity contribution in [1.29, 1.82) is 0 Å². The minimum atomic E-state index is -0.542. The molecule has 0 aliphatic heterocycles. The van der Waals surface area contributed by atoms with Gasteiger partial charge < -0.3 is 5.32 Å². The first-order valence-electron chi connectivity index (χ1n) is 5.96. The summed E-state index contributed by atoms with van der Waals surface area (Å²) in [5.41, 5.74) is 1.21. The van der Waals surface area contributed by atoms with Gasteiger partial charge in [-0.2, -0.15) is 0 Å². The standard InChI is InChI=1S/C14H11ClN2O3S/c1-9-4-2-3-5-13(9)21-14(18)16-12-7-6-10(17(19)20)8-11(12)15/h2-8H,1H3,(H,16,18). The summed E-state index contributed by atoms with van der Waals surface area (Å²) < 4.78 is 0. The van der Waals surface area contributed by atoms with Gasteiger partial charge in [-0.25, -0.2) is 0 Å². The Morgan fingerprint density at radius 1 is 1.29 bits per heavy atom. The van der Waals surface area contributed by atoms with E-state index >= 15 is 0 Å². The Morgan fingerprint density at radius 2 is 2.00 bits per heavy atom. The summed E-state index contributed by atoms with van der Waals surface area (Å²) in [5, 5.41) is 13.1. The van der Waals surface area contributed by atoms with Crippen LogP contribution in [0.2, 0.25) is 5.02 Å². The molecule has 0 saturated heterocycles. The van der Waals surface area contributed by atoms with Crippen molar-refractivity contribution in [2.75, 3.05) is 5.32 Å². The second kappa shape index (κ2) is 6.60. The SMILES string of the molecule is Cc1ccccc1SC(=O)Nc1ccc([N+](=O)[O-])cc1Cl. The van der Waals surface area contributed by atoms with Gasteiger partial charge in [0, 0.05) is 17.0 Å². The molecule has 108 valence electrons. The van der Waals surface area contributed by atoms with E-state index in [2.05, 4.69) is 5.32 Å². The normalized spacial score (nSPS) is 10.2. The third-order valence-electron chi connectivity index (χ3n) is 2.70. The van der Waals surface area contributed by atoms with Gasteiger partial charge in [0.2, 0.25) is 0 Å². The van der Waals surface area contributed by atoms with Crippen molar-refractivity contribution in [3.05, 3.63) is 63.2 Å². The average Bonchev–Trinajstić information content (AvgIpc) is 2.43. The summed E-state index contributed by atoms with van der Waals surface area (Å²) in [4.78, 5) is 22.9. The zero-order chi connectivity index (χ0) is 15.4. The van der Waals surface area contributed by atoms with Crippen molar-refractivity contribution in [3.63, 3.8) is 0 Å². The molecule has 0 atom stereocenters. The van der Waals surface area contributed by atoms with Crippen LogP contribution < -0.4 is 5.32 Å². The van der Waals surface area contributed by atoms with Crippen LogP contribution in [0, 0.1) is 17.0 Å². The van der Waals surface area contributed by atoms with Gasteiger partial charge in [0.15, 0.2) is 0 Å². The van der Waals surface area contributed by atoms with Crippen molar-refractivity contribution in [2.45, 2.75) is 11.8 Å². The molecule has 0 aliphatic carbocycles. The first-order chi connectivity index (χ1) is 9.97. The van der Waals surface area contributed by atoms with Crippen LogP contribution in [0.25, 0.3) is 0 Å². The average molecular weight is 323 g/mol. The predicted molar refractivity (Wildman–Crippen MR) is 84.2 cm³/mol. The van der Waals surface area contributed by atoms with Gasteiger partial charge in [-0.15, -0.1) is 0 Å². The monoisotopic (exact) mass is 322 g/mol. The molecule has 0 unspecified atom stereocenters. The van der Waals surface area contributed by atoms with Crippen molar-refractivity contribution in [2.24, 2.45) is 0 Å². The molecule has 0 fully saturated rings. The summed E-state index contributed by atoms with van der Waals surface area (Å²) in [6.45, 7) is 1.91. The van der Waals surface area contributed by atoms with Crippen molar-refractivity contribution in [3.8, 4) is 0 Å². The van der Waals surface area contributed by atoms with Crippen molar-refractivity contribution >= 4 is 40.0 Å². The molecule has 5 nitrogen and oxygen atoms in total. The van der Waals surface area contributed by atoms with Crippen LogP contribution in [-0.2, 0) is 0 Å². The molecule has 0 spiro atoms. The van der Waals surface area contributed by atoms with E-state index in [0.717, 1.165) is 22.2 Å². The number of amides is 1. The van der Waals surface area contributed by atoms with E-state index in [4.69, 9.17) is 11.6 Å². The molecular weight excluding hydrogens is 312 g/mol. The molecule has 2 rings (SSSR count). The van der Waals surface area contributed by atoms with Crippen LogP contribution >= 0.6 is 23.4 Å². The number of non-ortho nitro benzene ring substituents is 1. The number of thioether (sulfide) groups is 1.